The highest BCUT2D eigenvalue weighted by Crippen LogP contribution is 2.30. The monoisotopic (exact) mass is 252 g/mol. The third-order valence-corrected chi connectivity index (χ3v) is 3.65. The Hall–Kier alpha value is -1.49. The van der Waals surface area contributed by atoms with E-state index in [2.05, 4.69) is 12.2 Å². The second-order valence-electron chi connectivity index (χ2n) is 5.15. The number of hydrogen-bond acceptors (Lipinski definition) is 3. The highest BCUT2D eigenvalue weighted by atomic mass is 19.1. The summed E-state index contributed by atoms with van der Waals surface area (Å²) >= 11 is 0. The van der Waals surface area contributed by atoms with E-state index in [0.29, 0.717) is 12.1 Å². The molecule has 0 aromatic heterocycles. The van der Waals surface area contributed by atoms with Crippen LogP contribution in [-0.4, -0.2) is 10.5 Å². The fourth-order valence-corrected chi connectivity index (χ4v) is 2.51. The lowest BCUT2D eigenvalue weighted by Gasteiger charge is -2.25. The number of hydrogen-bond donors (Lipinski definition) is 1. The zero-order valence-corrected chi connectivity index (χ0v) is 10.4. The fraction of sp³-hybridized carbons (Fsp3) is 0.538. The Morgan fingerprint density at radius 3 is 2.72 bits per heavy atom. The van der Waals surface area contributed by atoms with Crippen LogP contribution in [0.1, 0.15) is 38.2 Å². The summed E-state index contributed by atoms with van der Waals surface area (Å²) in [6.07, 6.45) is 4.48. The van der Waals surface area contributed by atoms with Gasteiger partial charge in [-0.3, -0.25) is 10.1 Å². The first-order valence-corrected chi connectivity index (χ1v) is 6.18. The number of nitrogens with zero attached hydrogens (tertiary/aromatic N) is 1. The van der Waals surface area contributed by atoms with Crippen LogP contribution >= 0.6 is 0 Å². The zero-order valence-electron chi connectivity index (χ0n) is 10.4. The van der Waals surface area contributed by atoms with Gasteiger partial charge in [0, 0.05) is 23.7 Å². The molecule has 0 saturated heterocycles. The Labute approximate surface area is 105 Å². The number of nitrogens with one attached hydrogen (secondary N) is 1. The van der Waals surface area contributed by atoms with Crippen LogP contribution in [0.4, 0.5) is 10.1 Å². The molecule has 0 spiro atoms. The smallest absolute Gasteiger partial charge is 0.274 e. The fourth-order valence-electron chi connectivity index (χ4n) is 2.51. The number of nitro groups is 1. The van der Waals surface area contributed by atoms with E-state index in [1.54, 1.807) is 0 Å². The molecule has 0 amide bonds. The maximum absolute atomic E-state index is 13.2. The lowest BCUT2D eigenvalue weighted by atomic mass is 10.00. The molecule has 0 atom stereocenters. The van der Waals surface area contributed by atoms with Crippen molar-refractivity contribution in [1.29, 1.82) is 0 Å². The number of benzene rings is 1. The normalized spacial score (nSPS) is 17.9. The molecule has 98 valence electrons. The van der Waals surface area contributed by atoms with Crippen molar-refractivity contribution in [2.24, 2.45) is 0 Å². The molecule has 2 rings (SSSR count). The molecule has 1 aromatic rings. The number of nitro benzene ring substituents is 1. The van der Waals surface area contributed by atoms with Gasteiger partial charge in [-0.15, -0.1) is 0 Å². The SMILES string of the molecule is CC1(NCc2cc(F)ccc2[N+](=O)[O-])CCCC1. The minimum absolute atomic E-state index is 0.0227. The minimum atomic E-state index is -0.465. The van der Waals surface area contributed by atoms with E-state index in [0.717, 1.165) is 18.9 Å². The quantitative estimate of drug-likeness (QED) is 0.661. The maximum Gasteiger partial charge on any atom is 0.274 e. The third-order valence-electron chi connectivity index (χ3n) is 3.65. The van der Waals surface area contributed by atoms with E-state index in [1.165, 1.54) is 25.0 Å². The van der Waals surface area contributed by atoms with Gasteiger partial charge >= 0.3 is 0 Å². The summed E-state index contributed by atoms with van der Waals surface area (Å²) in [5.74, 6) is -0.436. The van der Waals surface area contributed by atoms with Crippen LogP contribution < -0.4 is 5.32 Å². The topological polar surface area (TPSA) is 55.2 Å². The van der Waals surface area contributed by atoms with Gasteiger partial charge in [-0.2, -0.15) is 0 Å². The van der Waals surface area contributed by atoms with Crippen LogP contribution in [0.15, 0.2) is 18.2 Å². The molecule has 0 radical (unpaired) electrons. The molecular formula is C13H17FN2O2. The summed E-state index contributed by atoms with van der Waals surface area (Å²) in [5.41, 5.74) is 0.416. The summed E-state index contributed by atoms with van der Waals surface area (Å²) in [6.45, 7) is 2.45. The minimum Gasteiger partial charge on any atom is -0.307 e. The molecule has 0 aliphatic heterocycles. The van der Waals surface area contributed by atoms with Crippen LogP contribution in [0.5, 0.6) is 0 Å². The van der Waals surface area contributed by atoms with Gasteiger partial charge in [0.15, 0.2) is 0 Å². The Bertz CT molecular complexity index is 456. The van der Waals surface area contributed by atoms with Crippen molar-refractivity contribution in [3.63, 3.8) is 0 Å². The Kier molecular flexibility index (Phi) is 3.61. The van der Waals surface area contributed by atoms with E-state index < -0.39 is 10.7 Å². The van der Waals surface area contributed by atoms with E-state index in [4.69, 9.17) is 0 Å². The molecule has 1 saturated carbocycles. The standard InChI is InChI=1S/C13H17FN2O2/c1-13(6-2-3-7-13)15-9-10-8-11(14)4-5-12(10)16(17)18/h4-5,8,15H,2-3,6-7,9H2,1H3. The van der Waals surface area contributed by atoms with Crippen LogP contribution in [0.3, 0.4) is 0 Å². The molecule has 1 aliphatic carbocycles. The Morgan fingerprint density at radius 2 is 2.11 bits per heavy atom. The van der Waals surface area contributed by atoms with E-state index in [1.807, 2.05) is 0 Å². The molecule has 18 heavy (non-hydrogen) atoms. The molecule has 1 aromatic carbocycles. The predicted octanol–water partition coefficient (Wildman–Crippen LogP) is 3.16. The number of halogens is 1. The highest BCUT2D eigenvalue weighted by molar-refractivity contribution is 5.40. The molecule has 0 heterocycles. The first-order chi connectivity index (χ1) is 8.50. The van der Waals surface area contributed by atoms with Crippen LogP contribution in [0.2, 0.25) is 0 Å². The number of rotatable bonds is 4. The van der Waals surface area contributed by atoms with E-state index in [9.17, 15) is 14.5 Å². The average Bonchev–Trinajstić information content (AvgIpc) is 2.74. The van der Waals surface area contributed by atoms with Gasteiger partial charge in [0.2, 0.25) is 0 Å². The molecule has 1 aliphatic rings. The molecule has 4 nitrogen and oxygen atoms in total. The summed E-state index contributed by atoms with van der Waals surface area (Å²) in [6, 6.07) is 3.59. The Morgan fingerprint density at radius 1 is 1.44 bits per heavy atom. The van der Waals surface area contributed by atoms with E-state index >= 15 is 0 Å². The van der Waals surface area contributed by atoms with Crippen molar-refractivity contribution < 1.29 is 9.31 Å². The van der Waals surface area contributed by atoms with Crippen molar-refractivity contribution in [3.05, 3.63) is 39.7 Å². The van der Waals surface area contributed by atoms with Crippen molar-refractivity contribution in [3.8, 4) is 0 Å². The van der Waals surface area contributed by atoms with Crippen molar-refractivity contribution in [2.75, 3.05) is 0 Å². The highest BCUT2D eigenvalue weighted by Gasteiger charge is 2.28. The molecule has 0 bridgehead atoms. The average molecular weight is 252 g/mol. The van der Waals surface area contributed by atoms with Gasteiger partial charge in [0.1, 0.15) is 5.82 Å². The van der Waals surface area contributed by atoms with Gasteiger partial charge in [0.25, 0.3) is 5.69 Å². The third kappa shape index (κ3) is 2.85. The van der Waals surface area contributed by atoms with Crippen LogP contribution in [0, 0.1) is 15.9 Å². The molecule has 5 heteroatoms. The van der Waals surface area contributed by atoms with Crippen LogP contribution in [0.25, 0.3) is 0 Å². The summed E-state index contributed by atoms with van der Waals surface area (Å²) in [4.78, 5) is 10.4. The molecule has 1 N–H and O–H groups in total. The molecular weight excluding hydrogens is 235 g/mol. The van der Waals surface area contributed by atoms with Crippen LogP contribution in [-0.2, 0) is 6.54 Å². The molecule has 0 unspecified atom stereocenters. The van der Waals surface area contributed by atoms with Gasteiger partial charge in [-0.05, 0) is 31.9 Å². The first-order valence-electron chi connectivity index (χ1n) is 6.18. The lowest BCUT2D eigenvalue weighted by Crippen LogP contribution is -2.38. The van der Waals surface area contributed by atoms with Crippen molar-refractivity contribution >= 4 is 5.69 Å². The lowest BCUT2D eigenvalue weighted by molar-refractivity contribution is -0.385. The second kappa shape index (κ2) is 5.02. The Balaban J connectivity index is 2.12. The predicted molar refractivity (Wildman–Crippen MR) is 66.8 cm³/mol. The zero-order chi connectivity index (χ0) is 13.2. The summed E-state index contributed by atoms with van der Waals surface area (Å²) in [7, 11) is 0. The van der Waals surface area contributed by atoms with Crippen molar-refractivity contribution in [1.82, 2.24) is 5.32 Å². The van der Waals surface area contributed by atoms with Crippen molar-refractivity contribution in [2.45, 2.75) is 44.7 Å². The van der Waals surface area contributed by atoms with Gasteiger partial charge < -0.3 is 5.32 Å². The molecule has 1 fully saturated rings. The first kappa shape index (κ1) is 13.0. The van der Waals surface area contributed by atoms with Gasteiger partial charge in [-0.1, -0.05) is 12.8 Å². The second-order valence-corrected chi connectivity index (χ2v) is 5.15. The summed E-state index contributed by atoms with van der Waals surface area (Å²) in [5, 5.41) is 14.2. The van der Waals surface area contributed by atoms with Gasteiger partial charge in [0.05, 0.1) is 4.92 Å². The summed E-state index contributed by atoms with van der Waals surface area (Å²) < 4.78 is 13.2. The largest absolute Gasteiger partial charge is 0.307 e. The van der Waals surface area contributed by atoms with E-state index in [-0.39, 0.29) is 11.2 Å². The maximum atomic E-state index is 13.2. The van der Waals surface area contributed by atoms with Gasteiger partial charge in [-0.25, -0.2) is 4.39 Å².